The van der Waals surface area contributed by atoms with Crippen LogP contribution in [0, 0.1) is 6.92 Å². The lowest BCUT2D eigenvalue weighted by molar-refractivity contribution is -0.125. The number of aryl methyl sites for hydroxylation is 2. The smallest absolute Gasteiger partial charge is 0.262 e. The second kappa shape index (κ2) is 9.29. The summed E-state index contributed by atoms with van der Waals surface area (Å²) in [7, 11) is 0. The maximum Gasteiger partial charge on any atom is 0.262 e. The molecule has 1 unspecified atom stereocenters. The van der Waals surface area contributed by atoms with Crippen molar-refractivity contribution in [2.24, 2.45) is 0 Å². The van der Waals surface area contributed by atoms with Crippen LogP contribution >= 0.6 is 11.3 Å². The van der Waals surface area contributed by atoms with E-state index in [1.807, 2.05) is 12.1 Å². The molecule has 0 aliphatic carbocycles. The molecule has 1 aliphatic heterocycles. The number of hydrogen-bond acceptors (Lipinski definition) is 5. The number of carbonyl (C=O) groups is 2. The third kappa shape index (κ3) is 4.89. The Morgan fingerprint density at radius 2 is 1.94 bits per heavy atom. The fourth-order valence-corrected chi connectivity index (χ4v) is 5.36. The number of nitrogens with one attached hydrogen (secondary N) is 1. The number of amides is 1. The topological polar surface area (TPSA) is 81.1 Å². The Balaban J connectivity index is 1.48. The lowest BCUT2D eigenvalue weighted by Crippen LogP contribution is -2.41. The molecule has 7 heteroatoms. The number of fused-ring (bicyclic) bond motifs is 1. The first-order chi connectivity index (χ1) is 16.0. The van der Waals surface area contributed by atoms with Crippen molar-refractivity contribution in [2.75, 3.05) is 0 Å². The Bertz CT molecular complexity index is 1330. The van der Waals surface area contributed by atoms with Gasteiger partial charge in [0.1, 0.15) is 17.6 Å². The number of thiophene rings is 1. The van der Waals surface area contributed by atoms with Gasteiger partial charge in [0, 0.05) is 28.8 Å². The molecule has 6 nitrogen and oxygen atoms in total. The average molecular weight is 478 g/mol. The highest BCUT2D eigenvalue weighted by Crippen LogP contribution is 2.27. The molecule has 0 bridgehead atoms. The van der Waals surface area contributed by atoms with Gasteiger partial charge in [0.15, 0.2) is 0 Å². The van der Waals surface area contributed by atoms with Crippen molar-refractivity contribution in [1.82, 2.24) is 14.9 Å². The quantitative estimate of drug-likeness (QED) is 0.554. The first kappa shape index (κ1) is 24.1. The Morgan fingerprint density at radius 3 is 2.59 bits per heavy atom. The fraction of sp³-hybridized carbons (Fsp3) is 0.407. The SMILES string of the molecule is C=C1CCC(n2c(C)nc3c(CCC(=O)Cc4ccc(C(C)(C)C)cc4)scc3c2=O)C(=O)N1. The van der Waals surface area contributed by atoms with E-state index in [-0.39, 0.29) is 22.7 Å². The summed E-state index contributed by atoms with van der Waals surface area (Å²) < 4.78 is 1.49. The van der Waals surface area contributed by atoms with Gasteiger partial charge in [-0.2, -0.15) is 0 Å². The van der Waals surface area contributed by atoms with Crippen LogP contribution in [-0.2, 0) is 27.8 Å². The molecule has 3 heterocycles. The van der Waals surface area contributed by atoms with E-state index >= 15 is 0 Å². The summed E-state index contributed by atoms with van der Waals surface area (Å²) in [5, 5.41) is 5.05. The number of Topliss-reactive ketones (excluding diaryl/α,β-unsaturated/α-hetero) is 1. The van der Waals surface area contributed by atoms with Gasteiger partial charge in [0.2, 0.25) is 5.91 Å². The molecular formula is C27H31N3O3S. The monoisotopic (exact) mass is 477 g/mol. The highest BCUT2D eigenvalue weighted by Gasteiger charge is 2.29. The van der Waals surface area contributed by atoms with E-state index in [0.29, 0.717) is 54.5 Å². The number of benzene rings is 1. The van der Waals surface area contributed by atoms with Crippen LogP contribution in [-0.4, -0.2) is 21.2 Å². The molecule has 1 amide bonds. The Hall–Kier alpha value is -3.06. The first-order valence-corrected chi connectivity index (χ1v) is 12.5. The fourth-order valence-electron chi connectivity index (χ4n) is 4.40. The minimum atomic E-state index is -0.579. The van der Waals surface area contributed by atoms with Crippen molar-refractivity contribution in [3.8, 4) is 0 Å². The molecule has 3 aromatic rings. The molecule has 0 spiro atoms. The van der Waals surface area contributed by atoms with E-state index in [4.69, 9.17) is 0 Å². The van der Waals surface area contributed by atoms with E-state index in [2.05, 4.69) is 49.8 Å². The first-order valence-electron chi connectivity index (χ1n) is 11.6. The normalized spacial score (nSPS) is 16.6. The zero-order valence-corrected chi connectivity index (χ0v) is 21.1. The number of rotatable bonds is 6. The van der Waals surface area contributed by atoms with Crippen molar-refractivity contribution >= 4 is 33.9 Å². The Kier molecular flexibility index (Phi) is 6.58. The van der Waals surface area contributed by atoms with Gasteiger partial charge < -0.3 is 5.32 Å². The van der Waals surface area contributed by atoms with Gasteiger partial charge in [-0.3, -0.25) is 19.0 Å². The summed E-state index contributed by atoms with van der Waals surface area (Å²) in [6.45, 7) is 12.1. The lowest BCUT2D eigenvalue weighted by atomic mass is 9.86. The van der Waals surface area contributed by atoms with Crippen LogP contribution in [0.15, 0.2) is 46.7 Å². The molecule has 1 aromatic carbocycles. The maximum absolute atomic E-state index is 13.2. The van der Waals surface area contributed by atoms with Crippen LogP contribution in [0.2, 0.25) is 0 Å². The van der Waals surface area contributed by atoms with Crippen LogP contribution in [0.5, 0.6) is 0 Å². The highest BCUT2D eigenvalue weighted by atomic mass is 32.1. The number of ketones is 1. The van der Waals surface area contributed by atoms with Gasteiger partial charge in [-0.25, -0.2) is 4.98 Å². The van der Waals surface area contributed by atoms with E-state index in [1.54, 1.807) is 12.3 Å². The summed E-state index contributed by atoms with van der Waals surface area (Å²) in [4.78, 5) is 43.9. The van der Waals surface area contributed by atoms with Gasteiger partial charge in [0.05, 0.1) is 10.9 Å². The van der Waals surface area contributed by atoms with E-state index < -0.39 is 6.04 Å². The molecule has 1 aliphatic rings. The number of hydrogen-bond donors (Lipinski definition) is 1. The number of allylic oxidation sites excluding steroid dienone is 1. The number of carbonyl (C=O) groups excluding carboxylic acids is 2. The van der Waals surface area contributed by atoms with Crippen LogP contribution in [0.3, 0.4) is 0 Å². The van der Waals surface area contributed by atoms with Crippen molar-refractivity contribution in [1.29, 1.82) is 0 Å². The molecular weight excluding hydrogens is 446 g/mol. The largest absolute Gasteiger partial charge is 0.329 e. The van der Waals surface area contributed by atoms with E-state index in [0.717, 1.165) is 10.4 Å². The summed E-state index contributed by atoms with van der Waals surface area (Å²) >= 11 is 1.45. The van der Waals surface area contributed by atoms with Gasteiger partial charge >= 0.3 is 0 Å². The zero-order valence-electron chi connectivity index (χ0n) is 20.2. The Labute approximate surface area is 203 Å². The lowest BCUT2D eigenvalue weighted by Gasteiger charge is -2.26. The van der Waals surface area contributed by atoms with Crippen molar-refractivity contribution in [3.63, 3.8) is 0 Å². The second-order valence-corrected chi connectivity index (χ2v) is 11.0. The third-order valence-electron chi connectivity index (χ3n) is 6.40. The predicted molar refractivity (Wildman–Crippen MR) is 136 cm³/mol. The van der Waals surface area contributed by atoms with Crippen molar-refractivity contribution < 1.29 is 9.59 Å². The van der Waals surface area contributed by atoms with Gasteiger partial charge in [0.25, 0.3) is 5.56 Å². The predicted octanol–water partition coefficient (Wildman–Crippen LogP) is 4.77. The molecule has 1 saturated heterocycles. The number of nitrogens with zero attached hydrogens (tertiary/aromatic N) is 2. The van der Waals surface area contributed by atoms with Crippen LogP contribution in [0.4, 0.5) is 0 Å². The second-order valence-electron chi connectivity index (χ2n) is 10.1. The molecule has 34 heavy (non-hydrogen) atoms. The molecule has 4 rings (SSSR count). The highest BCUT2D eigenvalue weighted by molar-refractivity contribution is 7.11. The summed E-state index contributed by atoms with van der Waals surface area (Å²) in [5.41, 5.74) is 3.46. The molecule has 1 fully saturated rings. The van der Waals surface area contributed by atoms with E-state index in [9.17, 15) is 14.4 Å². The van der Waals surface area contributed by atoms with Crippen molar-refractivity contribution in [2.45, 2.75) is 71.3 Å². The third-order valence-corrected chi connectivity index (χ3v) is 7.43. The van der Waals surface area contributed by atoms with Gasteiger partial charge in [-0.1, -0.05) is 51.6 Å². The van der Waals surface area contributed by atoms with Gasteiger partial charge in [-0.15, -0.1) is 11.3 Å². The Morgan fingerprint density at radius 1 is 1.24 bits per heavy atom. The molecule has 0 radical (unpaired) electrons. The molecule has 178 valence electrons. The molecule has 0 saturated carbocycles. The van der Waals surface area contributed by atoms with Crippen LogP contribution in [0.25, 0.3) is 10.9 Å². The van der Waals surface area contributed by atoms with Crippen LogP contribution in [0.1, 0.15) is 67.9 Å². The van der Waals surface area contributed by atoms with Gasteiger partial charge in [-0.05, 0) is 42.7 Å². The minimum absolute atomic E-state index is 0.0852. The summed E-state index contributed by atoms with van der Waals surface area (Å²) in [5.74, 6) is 0.448. The molecule has 1 N–H and O–H groups in total. The minimum Gasteiger partial charge on any atom is -0.329 e. The number of aromatic nitrogens is 2. The molecule has 1 atom stereocenters. The summed E-state index contributed by atoms with van der Waals surface area (Å²) in [6.07, 6.45) is 2.51. The maximum atomic E-state index is 13.2. The van der Waals surface area contributed by atoms with E-state index in [1.165, 1.54) is 21.5 Å². The average Bonchev–Trinajstić information content (AvgIpc) is 3.16. The summed E-state index contributed by atoms with van der Waals surface area (Å²) in [6, 6.07) is 7.67. The number of piperidine rings is 1. The molecule has 2 aromatic heterocycles. The van der Waals surface area contributed by atoms with Crippen molar-refractivity contribution in [3.05, 3.63) is 74.1 Å². The zero-order chi connectivity index (χ0) is 24.6. The van der Waals surface area contributed by atoms with Crippen LogP contribution < -0.4 is 10.9 Å². The standard InChI is InChI=1S/C27H31N3O3S/c1-16-6-12-22(25(32)28-16)30-17(2)29-24-21(26(30)33)15-34-23(24)13-11-20(31)14-18-7-9-19(10-8-18)27(3,4)5/h7-10,15,22H,1,6,11-14H2,2-5H3,(H,28,32).